The second kappa shape index (κ2) is 9.60. The molecule has 11 heteroatoms. The summed E-state index contributed by atoms with van der Waals surface area (Å²) < 4.78 is 43.5. The number of benzene rings is 1. The molecule has 0 aliphatic heterocycles. The Bertz CT molecular complexity index is 1090. The van der Waals surface area contributed by atoms with E-state index in [2.05, 4.69) is 25.6 Å². The fourth-order valence-electron chi connectivity index (χ4n) is 2.90. The van der Waals surface area contributed by atoms with Crippen LogP contribution < -0.4 is 10.6 Å². The first-order valence-corrected chi connectivity index (χ1v) is 9.39. The summed E-state index contributed by atoms with van der Waals surface area (Å²) in [4.78, 5) is 22.8. The lowest BCUT2D eigenvalue weighted by Crippen LogP contribution is -2.33. The van der Waals surface area contributed by atoms with Gasteiger partial charge in [0.05, 0.1) is 6.61 Å². The van der Waals surface area contributed by atoms with E-state index in [0.29, 0.717) is 11.5 Å². The number of carboxylic acid groups (broad SMARTS) is 1. The van der Waals surface area contributed by atoms with Crippen molar-refractivity contribution in [2.75, 3.05) is 24.4 Å². The van der Waals surface area contributed by atoms with Crippen molar-refractivity contribution in [2.24, 2.45) is 0 Å². The Hall–Kier alpha value is -3.73. The minimum Gasteiger partial charge on any atom is -0.480 e. The van der Waals surface area contributed by atoms with Crippen molar-refractivity contribution >= 4 is 23.4 Å². The number of nitrogens with zero attached hydrogens (tertiary/aromatic N) is 3. The summed E-state index contributed by atoms with van der Waals surface area (Å²) in [6.45, 7) is 1.82. The van der Waals surface area contributed by atoms with Crippen LogP contribution in [0.15, 0.2) is 48.8 Å². The lowest BCUT2D eigenvalue weighted by atomic mass is 10.0. The second-order valence-electron chi connectivity index (χ2n) is 6.90. The quantitative estimate of drug-likeness (QED) is 0.473. The summed E-state index contributed by atoms with van der Waals surface area (Å²) in [5, 5.41) is 14.8. The highest BCUT2D eigenvalue weighted by Crippen LogP contribution is 2.29. The van der Waals surface area contributed by atoms with Gasteiger partial charge >= 0.3 is 12.1 Å². The van der Waals surface area contributed by atoms with E-state index in [1.165, 1.54) is 7.11 Å². The standard InChI is InChI=1S/C21H20F3N5O3/c1-12-7-14(13-3-4-18(26-10-13)28-16(11-32-2)19(30)31)9-15(8-12)27-20-25-6-5-17(29-20)21(22,23)24/h3-10,16H,11H2,1-2H3,(H,26,28)(H,30,31)(H,25,27,29). The third-order valence-corrected chi connectivity index (χ3v) is 4.33. The van der Waals surface area contributed by atoms with Gasteiger partial charge in [-0.2, -0.15) is 13.2 Å². The Kier molecular flexibility index (Phi) is 6.89. The van der Waals surface area contributed by atoms with Crippen molar-refractivity contribution < 1.29 is 27.8 Å². The lowest BCUT2D eigenvalue weighted by Gasteiger charge is -2.14. The topological polar surface area (TPSA) is 109 Å². The monoisotopic (exact) mass is 447 g/mol. The molecule has 0 fully saturated rings. The number of alkyl halides is 3. The zero-order valence-corrected chi connectivity index (χ0v) is 17.1. The molecule has 1 aromatic carbocycles. The number of methoxy groups -OCH3 is 1. The van der Waals surface area contributed by atoms with Crippen molar-refractivity contribution in [3.8, 4) is 11.1 Å². The van der Waals surface area contributed by atoms with Crippen LogP contribution in [0.25, 0.3) is 11.1 Å². The molecule has 0 spiro atoms. The fourth-order valence-corrected chi connectivity index (χ4v) is 2.90. The molecule has 3 N–H and O–H groups in total. The summed E-state index contributed by atoms with van der Waals surface area (Å²) in [6.07, 6.45) is -1.96. The Balaban J connectivity index is 1.81. The molecule has 0 radical (unpaired) electrons. The molecular formula is C21H20F3N5O3. The van der Waals surface area contributed by atoms with E-state index in [1.807, 2.05) is 13.0 Å². The largest absolute Gasteiger partial charge is 0.480 e. The molecule has 2 aromatic heterocycles. The van der Waals surface area contributed by atoms with Gasteiger partial charge in [-0.3, -0.25) is 0 Å². The Morgan fingerprint density at radius 3 is 2.56 bits per heavy atom. The highest BCUT2D eigenvalue weighted by atomic mass is 19.4. The maximum atomic E-state index is 12.9. The number of carboxylic acids is 1. The first kappa shape index (κ1) is 22.9. The normalized spacial score (nSPS) is 12.3. The van der Waals surface area contributed by atoms with Crippen molar-refractivity contribution in [1.29, 1.82) is 0 Å². The minimum atomic E-state index is -4.57. The van der Waals surface area contributed by atoms with Crippen LogP contribution >= 0.6 is 0 Å². The average molecular weight is 447 g/mol. The van der Waals surface area contributed by atoms with Crippen LogP contribution in [0.3, 0.4) is 0 Å². The van der Waals surface area contributed by atoms with Gasteiger partial charge in [-0.25, -0.2) is 19.7 Å². The number of hydrogen-bond donors (Lipinski definition) is 3. The van der Waals surface area contributed by atoms with Gasteiger partial charge in [-0.05, 0) is 48.4 Å². The lowest BCUT2D eigenvalue weighted by molar-refractivity contribution is -0.141. The molecule has 2 heterocycles. The van der Waals surface area contributed by atoms with Gasteiger partial charge in [0.2, 0.25) is 5.95 Å². The second-order valence-corrected chi connectivity index (χ2v) is 6.90. The number of pyridine rings is 1. The number of aliphatic carboxylic acids is 1. The van der Waals surface area contributed by atoms with E-state index >= 15 is 0 Å². The van der Waals surface area contributed by atoms with Gasteiger partial charge in [0.15, 0.2) is 0 Å². The first-order chi connectivity index (χ1) is 15.2. The van der Waals surface area contributed by atoms with Crippen molar-refractivity contribution in [3.05, 3.63) is 60.0 Å². The Morgan fingerprint density at radius 2 is 1.94 bits per heavy atom. The van der Waals surface area contributed by atoms with E-state index in [0.717, 1.165) is 29.0 Å². The molecule has 168 valence electrons. The molecule has 0 bridgehead atoms. The number of hydrogen-bond acceptors (Lipinski definition) is 7. The highest BCUT2D eigenvalue weighted by Gasteiger charge is 2.32. The summed E-state index contributed by atoms with van der Waals surface area (Å²) in [5.74, 6) is -0.877. The van der Waals surface area contributed by atoms with Crippen molar-refractivity contribution in [1.82, 2.24) is 15.0 Å². The Morgan fingerprint density at radius 1 is 1.16 bits per heavy atom. The first-order valence-electron chi connectivity index (χ1n) is 9.39. The minimum absolute atomic E-state index is 0.0245. The molecule has 0 aliphatic rings. The number of aryl methyl sites for hydroxylation is 1. The third kappa shape index (κ3) is 5.91. The van der Waals surface area contributed by atoms with Crippen LogP contribution in [0.4, 0.5) is 30.6 Å². The van der Waals surface area contributed by atoms with Crippen LogP contribution in [0.1, 0.15) is 11.3 Å². The molecule has 3 aromatic rings. The maximum Gasteiger partial charge on any atom is 0.433 e. The van der Waals surface area contributed by atoms with Crippen molar-refractivity contribution in [3.63, 3.8) is 0 Å². The SMILES string of the molecule is COCC(Nc1ccc(-c2cc(C)cc(Nc3nccc(C(F)(F)F)n3)c2)cn1)C(=O)O. The van der Waals surface area contributed by atoms with Crippen LogP contribution in [-0.2, 0) is 15.7 Å². The van der Waals surface area contributed by atoms with E-state index < -0.39 is 23.9 Å². The molecule has 0 amide bonds. The van der Waals surface area contributed by atoms with Gasteiger partial charge in [0.25, 0.3) is 0 Å². The van der Waals surface area contributed by atoms with Gasteiger partial charge in [-0.15, -0.1) is 0 Å². The Labute approximate surface area is 181 Å². The molecule has 3 rings (SSSR count). The number of nitrogens with one attached hydrogen (secondary N) is 2. The van der Waals surface area contributed by atoms with Gasteiger partial charge in [-0.1, -0.05) is 6.07 Å². The number of carbonyl (C=O) groups is 1. The van der Waals surface area contributed by atoms with Gasteiger partial charge < -0.3 is 20.5 Å². The highest BCUT2D eigenvalue weighted by molar-refractivity contribution is 5.77. The van der Waals surface area contributed by atoms with Crippen LogP contribution in [0.5, 0.6) is 0 Å². The molecule has 0 saturated heterocycles. The summed E-state index contributed by atoms with van der Waals surface area (Å²) in [6, 6.07) is 8.60. The fraction of sp³-hybridized carbons (Fsp3) is 0.238. The molecule has 1 unspecified atom stereocenters. The number of rotatable bonds is 8. The predicted molar refractivity (Wildman–Crippen MR) is 112 cm³/mol. The molecular weight excluding hydrogens is 427 g/mol. The molecule has 32 heavy (non-hydrogen) atoms. The average Bonchev–Trinajstić information content (AvgIpc) is 2.73. The number of halogens is 3. The van der Waals surface area contributed by atoms with Crippen LogP contribution in [0.2, 0.25) is 0 Å². The van der Waals surface area contributed by atoms with Gasteiger partial charge in [0.1, 0.15) is 17.6 Å². The zero-order chi connectivity index (χ0) is 23.3. The van der Waals surface area contributed by atoms with E-state index in [9.17, 15) is 23.1 Å². The maximum absolute atomic E-state index is 12.9. The van der Waals surface area contributed by atoms with Crippen LogP contribution in [0, 0.1) is 6.92 Å². The van der Waals surface area contributed by atoms with Gasteiger partial charge in [0, 0.05) is 30.8 Å². The molecule has 0 saturated carbocycles. The van der Waals surface area contributed by atoms with E-state index in [1.54, 1.807) is 30.5 Å². The summed E-state index contributed by atoms with van der Waals surface area (Å²) >= 11 is 0. The third-order valence-electron chi connectivity index (χ3n) is 4.33. The van der Waals surface area contributed by atoms with Crippen molar-refractivity contribution in [2.45, 2.75) is 19.1 Å². The van der Waals surface area contributed by atoms with Crippen LogP contribution in [-0.4, -0.2) is 45.8 Å². The van der Waals surface area contributed by atoms with E-state index in [-0.39, 0.29) is 12.6 Å². The number of anilines is 3. The zero-order valence-electron chi connectivity index (χ0n) is 17.1. The number of aromatic nitrogens is 3. The molecule has 1 atom stereocenters. The summed E-state index contributed by atoms with van der Waals surface area (Å²) in [5.41, 5.74) is 1.80. The predicted octanol–water partition coefficient (Wildman–Crippen LogP) is 4.12. The smallest absolute Gasteiger partial charge is 0.433 e. The molecule has 0 aliphatic carbocycles. The molecule has 8 nitrogen and oxygen atoms in total. The van der Waals surface area contributed by atoms with E-state index in [4.69, 9.17) is 4.74 Å². The number of ether oxygens (including phenoxy) is 1. The summed E-state index contributed by atoms with van der Waals surface area (Å²) in [7, 11) is 1.40.